The number of aliphatic hydroxyl groups excluding tert-OH is 1. The third-order valence-corrected chi connectivity index (χ3v) is 5.04. The Bertz CT molecular complexity index is 615. The number of benzene rings is 1. The van der Waals surface area contributed by atoms with E-state index in [9.17, 15) is 9.50 Å². The van der Waals surface area contributed by atoms with Gasteiger partial charge in [0, 0.05) is 25.1 Å². The van der Waals surface area contributed by atoms with Crippen molar-refractivity contribution in [1.82, 2.24) is 10.6 Å². The Hall–Kier alpha value is -1.66. The summed E-state index contributed by atoms with van der Waals surface area (Å²) < 4.78 is 19.0. The quantitative estimate of drug-likeness (QED) is 0.440. The molecule has 2 aliphatic rings. The van der Waals surface area contributed by atoms with Gasteiger partial charge in [-0.2, -0.15) is 0 Å². The number of guanidine groups is 1. The maximum Gasteiger partial charge on any atom is 0.191 e. The van der Waals surface area contributed by atoms with E-state index in [0.717, 1.165) is 31.6 Å². The van der Waals surface area contributed by atoms with Gasteiger partial charge in [0.05, 0.1) is 19.3 Å². The number of nitrogens with one attached hydrogen (secondary N) is 2. The third kappa shape index (κ3) is 5.68. The van der Waals surface area contributed by atoms with Crippen LogP contribution in [0.5, 0.6) is 0 Å². The molecule has 2 saturated carbocycles. The number of hydrogen-bond donors (Lipinski definition) is 3. The van der Waals surface area contributed by atoms with Gasteiger partial charge in [-0.15, -0.1) is 0 Å². The van der Waals surface area contributed by atoms with E-state index in [1.807, 2.05) is 13.0 Å². The molecule has 1 aromatic rings. The van der Waals surface area contributed by atoms with Crippen LogP contribution in [-0.2, 0) is 10.2 Å². The van der Waals surface area contributed by atoms with Crippen molar-refractivity contribution in [3.8, 4) is 0 Å². The highest BCUT2D eigenvalue weighted by Gasteiger charge is 2.44. The minimum atomic E-state index is -0.560. The number of ether oxygens (including phenoxy) is 1. The van der Waals surface area contributed by atoms with Crippen molar-refractivity contribution in [3.63, 3.8) is 0 Å². The molecule has 0 radical (unpaired) electrons. The summed E-state index contributed by atoms with van der Waals surface area (Å²) >= 11 is 0. The summed E-state index contributed by atoms with van der Waals surface area (Å²) in [6.45, 7) is 4.85. The van der Waals surface area contributed by atoms with Crippen molar-refractivity contribution in [2.75, 3.05) is 32.8 Å². The molecule has 0 amide bonds. The van der Waals surface area contributed by atoms with Crippen LogP contribution >= 0.6 is 0 Å². The number of nitrogens with zero attached hydrogens (tertiary/aromatic N) is 1. The Labute approximate surface area is 155 Å². The van der Waals surface area contributed by atoms with Crippen LogP contribution in [0.4, 0.5) is 4.39 Å². The highest BCUT2D eigenvalue weighted by atomic mass is 19.1. The second-order valence-electron chi connectivity index (χ2n) is 7.50. The molecule has 0 aliphatic heterocycles. The lowest BCUT2D eigenvalue weighted by Gasteiger charge is -2.18. The maximum absolute atomic E-state index is 13.5. The fourth-order valence-electron chi connectivity index (χ4n) is 3.01. The van der Waals surface area contributed by atoms with Crippen molar-refractivity contribution in [2.45, 2.75) is 44.1 Å². The number of hydrogen-bond acceptors (Lipinski definition) is 3. The molecule has 0 bridgehead atoms. The minimum absolute atomic E-state index is 0.0452. The van der Waals surface area contributed by atoms with Gasteiger partial charge in [-0.25, -0.2) is 4.39 Å². The van der Waals surface area contributed by atoms with Crippen molar-refractivity contribution >= 4 is 5.96 Å². The van der Waals surface area contributed by atoms with Gasteiger partial charge in [0.2, 0.25) is 0 Å². The Morgan fingerprint density at radius 1 is 1.38 bits per heavy atom. The molecule has 1 atom stereocenters. The first-order chi connectivity index (χ1) is 12.6. The topological polar surface area (TPSA) is 65.9 Å². The lowest BCUT2D eigenvalue weighted by atomic mass is 9.96. The molecule has 1 unspecified atom stereocenters. The molecular formula is C20H30FN3O2. The average Bonchev–Trinajstić information content (AvgIpc) is 3.53. The van der Waals surface area contributed by atoms with Crippen molar-refractivity contribution in [3.05, 3.63) is 35.6 Å². The van der Waals surface area contributed by atoms with Crippen LogP contribution in [-0.4, -0.2) is 50.0 Å². The summed E-state index contributed by atoms with van der Waals surface area (Å²) in [5, 5.41) is 16.4. The van der Waals surface area contributed by atoms with Crippen LogP contribution in [0.25, 0.3) is 0 Å². The van der Waals surface area contributed by atoms with Gasteiger partial charge in [0.1, 0.15) is 5.82 Å². The zero-order chi connectivity index (χ0) is 18.4. The molecule has 3 N–H and O–H groups in total. The zero-order valence-electron chi connectivity index (χ0n) is 15.5. The number of aliphatic imine (C=N–C) groups is 1. The third-order valence-electron chi connectivity index (χ3n) is 5.04. The number of halogens is 1. The number of rotatable bonds is 10. The second kappa shape index (κ2) is 8.82. The largest absolute Gasteiger partial charge is 0.389 e. The molecule has 0 spiro atoms. The monoisotopic (exact) mass is 363 g/mol. The molecule has 2 fully saturated rings. The molecule has 5 nitrogen and oxygen atoms in total. The first kappa shape index (κ1) is 19.1. The van der Waals surface area contributed by atoms with E-state index in [-0.39, 0.29) is 11.2 Å². The standard InChI is InChI=1S/C20H30FN3O2/c1-2-22-19(23-11-18(25)13-26-12-15-6-7-15)24-14-20(8-9-20)16-4-3-5-17(21)10-16/h3-5,10,15,18,25H,2,6-9,11-14H2,1H3,(H2,22,23,24). The lowest BCUT2D eigenvalue weighted by Crippen LogP contribution is -2.42. The molecule has 3 rings (SSSR count). The predicted octanol–water partition coefficient (Wildman–Crippen LogP) is 2.20. The highest BCUT2D eigenvalue weighted by Crippen LogP contribution is 2.48. The lowest BCUT2D eigenvalue weighted by molar-refractivity contribution is 0.0345. The van der Waals surface area contributed by atoms with Gasteiger partial charge in [0.25, 0.3) is 0 Å². The zero-order valence-corrected chi connectivity index (χ0v) is 15.5. The van der Waals surface area contributed by atoms with Crippen molar-refractivity contribution < 1.29 is 14.2 Å². The SMILES string of the molecule is CCNC(=NCC1(c2cccc(F)c2)CC1)NCC(O)COCC1CC1. The van der Waals surface area contributed by atoms with E-state index >= 15 is 0 Å². The summed E-state index contributed by atoms with van der Waals surface area (Å²) in [4.78, 5) is 4.66. The first-order valence-electron chi connectivity index (χ1n) is 9.65. The summed E-state index contributed by atoms with van der Waals surface area (Å²) in [5.74, 6) is 1.18. The van der Waals surface area contributed by atoms with Crippen LogP contribution < -0.4 is 10.6 Å². The van der Waals surface area contributed by atoms with Gasteiger partial charge in [-0.05, 0) is 56.2 Å². The molecule has 2 aliphatic carbocycles. The van der Waals surface area contributed by atoms with E-state index in [1.165, 1.54) is 18.9 Å². The Balaban J connectivity index is 1.48. The minimum Gasteiger partial charge on any atom is -0.389 e. The smallest absolute Gasteiger partial charge is 0.191 e. The first-order valence-corrected chi connectivity index (χ1v) is 9.65. The van der Waals surface area contributed by atoms with Crippen LogP contribution in [0.15, 0.2) is 29.3 Å². The molecule has 0 aromatic heterocycles. The second-order valence-corrected chi connectivity index (χ2v) is 7.50. The Kier molecular flexibility index (Phi) is 6.48. The molecular weight excluding hydrogens is 333 g/mol. The van der Waals surface area contributed by atoms with E-state index < -0.39 is 6.10 Å². The summed E-state index contributed by atoms with van der Waals surface area (Å²) in [7, 11) is 0. The molecule has 0 saturated heterocycles. The van der Waals surface area contributed by atoms with Gasteiger partial charge in [-0.3, -0.25) is 4.99 Å². The van der Waals surface area contributed by atoms with E-state index in [2.05, 4.69) is 15.6 Å². The maximum atomic E-state index is 13.5. The fraction of sp³-hybridized carbons (Fsp3) is 0.650. The molecule has 144 valence electrons. The van der Waals surface area contributed by atoms with Crippen LogP contribution in [0.2, 0.25) is 0 Å². The van der Waals surface area contributed by atoms with Gasteiger partial charge in [0.15, 0.2) is 5.96 Å². The summed E-state index contributed by atoms with van der Waals surface area (Å²) in [5.41, 5.74) is 0.974. The molecule has 26 heavy (non-hydrogen) atoms. The highest BCUT2D eigenvalue weighted by molar-refractivity contribution is 5.79. The van der Waals surface area contributed by atoms with E-state index in [4.69, 9.17) is 4.74 Å². The molecule has 6 heteroatoms. The van der Waals surface area contributed by atoms with Gasteiger partial charge < -0.3 is 20.5 Å². The summed E-state index contributed by atoms with van der Waals surface area (Å²) in [6.07, 6.45) is 3.99. The molecule has 0 heterocycles. The van der Waals surface area contributed by atoms with E-state index in [1.54, 1.807) is 12.1 Å². The van der Waals surface area contributed by atoms with Gasteiger partial charge >= 0.3 is 0 Å². The van der Waals surface area contributed by atoms with Crippen LogP contribution in [0, 0.1) is 11.7 Å². The normalized spacial score (nSPS) is 19.9. The van der Waals surface area contributed by atoms with Crippen molar-refractivity contribution in [2.24, 2.45) is 10.9 Å². The van der Waals surface area contributed by atoms with E-state index in [0.29, 0.717) is 31.6 Å². The van der Waals surface area contributed by atoms with Crippen LogP contribution in [0.1, 0.15) is 38.2 Å². The van der Waals surface area contributed by atoms with Gasteiger partial charge in [-0.1, -0.05) is 12.1 Å². The Morgan fingerprint density at radius 2 is 2.19 bits per heavy atom. The van der Waals surface area contributed by atoms with Crippen molar-refractivity contribution in [1.29, 1.82) is 0 Å². The number of aliphatic hydroxyl groups is 1. The average molecular weight is 363 g/mol. The fourth-order valence-corrected chi connectivity index (χ4v) is 3.01. The van der Waals surface area contributed by atoms with Crippen LogP contribution in [0.3, 0.4) is 0 Å². The summed E-state index contributed by atoms with van der Waals surface area (Å²) in [6, 6.07) is 6.83. The molecule has 1 aromatic carbocycles. The Morgan fingerprint density at radius 3 is 2.85 bits per heavy atom. The predicted molar refractivity (Wildman–Crippen MR) is 101 cm³/mol.